The third-order valence-electron chi connectivity index (χ3n) is 3.90. The standard InChI is InChI=1S/C14H26N4O5/c1-8(19)11(15)13(22)17-5-3-4-10(21)18(7-6-17)14(23)12(16)9(2)20/h8-9,11-12,19-20H,3-7,15-16H2,1-2H3. The van der Waals surface area contributed by atoms with E-state index in [1.807, 2.05) is 0 Å². The molecule has 0 aromatic heterocycles. The van der Waals surface area contributed by atoms with E-state index in [9.17, 15) is 24.6 Å². The summed E-state index contributed by atoms with van der Waals surface area (Å²) in [4.78, 5) is 38.8. The van der Waals surface area contributed by atoms with Crippen molar-refractivity contribution in [3.63, 3.8) is 0 Å². The van der Waals surface area contributed by atoms with E-state index in [1.165, 1.54) is 18.7 Å². The molecule has 0 radical (unpaired) electrons. The van der Waals surface area contributed by atoms with Gasteiger partial charge in [0.1, 0.15) is 12.1 Å². The van der Waals surface area contributed by atoms with Crippen LogP contribution >= 0.6 is 0 Å². The molecule has 0 spiro atoms. The number of aliphatic hydroxyl groups is 2. The molecule has 9 nitrogen and oxygen atoms in total. The summed E-state index contributed by atoms with van der Waals surface area (Å²) in [6, 6.07) is -2.24. The molecular formula is C14H26N4O5. The molecule has 0 saturated carbocycles. The Hall–Kier alpha value is -1.55. The monoisotopic (exact) mass is 330 g/mol. The number of amides is 3. The van der Waals surface area contributed by atoms with E-state index in [0.717, 1.165) is 4.90 Å². The molecule has 0 aromatic carbocycles. The van der Waals surface area contributed by atoms with Crippen LogP contribution in [-0.2, 0) is 14.4 Å². The average molecular weight is 330 g/mol. The third kappa shape index (κ3) is 4.96. The van der Waals surface area contributed by atoms with Crippen LogP contribution < -0.4 is 11.5 Å². The van der Waals surface area contributed by atoms with Crippen molar-refractivity contribution in [2.45, 2.75) is 51.0 Å². The molecule has 1 saturated heterocycles. The highest BCUT2D eigenvalue weighted by atomic mass is 16.3. The molecule has 0 bridgehead atoms. The lowest BCUT2D eigenvalue weighted by Gasteiger charge is -2.33. The highest BCUT2D eigenvalue weighted by Gasteiger charge is 2.32. The van der Waals surface area contributed by atoms with Crippen LogP contribution in [0.4, 0.5) is 0 Å². The average Bonchev–Trinajstić information content (AvgIpc) is 2.48. The predicted octanol–water partition coefficient (Wildman–Crippen LogP) is -2.62. The molecule has 1 aliphatic heterocycles. The van der Waals surface area contributed by atoms with Crippen molar-refractivity contribution in [3.8, 4) is 0 Å². The fraction of sp³-hybridized carbons (Fsp3) is 0.786. The van der Waals surface area contributed by atoms with Gasteiger partial charge in [-0.05, 0) is 20.3 Å². The van der Waals surface area contributed by atoms with Gasteiger partial charge >= 0.3 is 0 Å². The topological polar surface area (TPSA) is 150 Å². The number of aliphatic hydroxyl groups excluding tert-OH is 2. The smallest absolute Gasteiger partial charge is 0.248 e. The molecule has 132 valence electrons. The van der Waals surface area contributed by atoms with Crippen LogP contribution in [0.5, 0.6) is 0 Å². The minimum absolute atomic E-state index is 0.0175. The van der Waals surface area contributed by atoms with Gasteiger partial charge in [0.25, 0.3) is 0 Å². The Bertz CT molecular complexity index is 454. The van der Waals surface area contributed by atoms with Crippen LogP contribution in [0.15, 0.2) is 0 Å². The Labute approximate surface area is 135 Å². The summed E-state index contributed by atoms with van der Waals surface area (Å²) in [6.07, 6.45) is -1.60. The molecule has 4 atom stereocenters. The van der Waals surface area contributed by atoms with Gasteiger partial charge in [-0.3, -0.25) is 19.3 Å². The molecule has 1 rings (SSSR count). The molecule has 1 aliphatic rings. The Balaban J connectivity index is 2.81. The Morgan fingerprint density at radius 1 is 1.00 bits per heavy atom. The zero-order valence-corrected chi connectivity index (χ0v) is 13.5. The summed E-state index contributed by atoms with van der Waals surface area (Å²) < 4.78 is 0. The number of carbonyl (C=O) groups is 3. The number of nitrogens with two attached hydrogens (primary N) is 2. The van der Waals surface area contributed by atoms with E-state index < -0.39 is 36.1 Å². The number of imide groups is 1. The van der Waals surface area contributed by atoms with Gasteiger partial charge in [-0.15, -0.1) is 0 Å². The van der Waals surface area contributed by atoms with Crippen LogP contribution in [-0.4, -0.2) is 81.7 Å². The second-order valence-corrected chi connectivity index (χ2v) is 5.85. The predicted molar refractivity (Wildman–Crippen MR) is 81.8 cm³/mol. The number of rotatable bonds is 4. The van der Waals surface area contributed by atoms with E-state index in [0.29, 0.717) is 13.0 Å². The van der Waals surface area contributed by atoms with Crippen molar-refractivity contribution in [3.05, 3.63) is 0 Å². The van der Waals surface area contributed by atoms with Gasteiger partial charge in [0, 0.05) is 26.1 Å². The molecule has 4 unspecified atom stereocenters. The maximum absolute atomic E-state index is 12.2. The summed E-state index contributed by atoms with van der Waals surface area (Å²) in [5.41, 5.74) is 11.2. The zero-order valence-electron chi connectivity index (χ0n) is 13.5. The van der Waals surface area contributed by atoms with Crippen molar-refractivity contribution in [2.75, 3.05) is 19.6 Å². The number of carbonyl (C=O) groups excluding carboxylic acids is 3. The van der Waals surface area contributed by atoms with Crippen LogP contribution in [0, 0.1) is 0 Å². The first kappa shape index (κ1) is 19.5. The van der Waals surface area contributed by atoms with Crippen LogP contribution in [0.3, 0.4) is 0 Å². The highest BCUT2D eigenvalue weighted by molar-refractivity contribution is 5.98. The lowest BCUT2D eigenvalue weighted by atomic mass is 10.1. The van der Waals surface area contributed by atoms with Crippen LogP contribution in [0.1, 0.15) is 26.7 Å². The maximum atomic E-state index is 12.2. The maximum Gasteiger partial charge on any atom is 0.248 e. The Kier molecular flexibility index (Phi) is 7.07. The summed E-state index contributed by atoms with van der Waals surface area (Å²) in [6.45, 7) is 3.22. The third-order valence-corrected chi connectivity index (χ3v) is 3.90. The van der Waals surface area contributed by atoms with E-state index in [-0.39, 0.29) is 25.4 Å². The lowest BCUT2D eigenvalue weighted by Crippen LogP contribution is -2.56. The molecule has 23 heavy (non-hydrogen) atoms. The van der Waals surface area contributed by atoms with Gasteiger partial charge in [-0.1, -0.05) is 0 Å². The van der Waals surface area contributed by atoms with Crippen LogP contribution in [0.25, 0.3) is 0 Å². The summed E-state index contributed by atoms with van der Waals surface area (Å²) in [5.74, 6) is -1.47. The molecule has 6 N–H and O–H groups in total. The van der Waals surface area contributed by atoms with E-state index in [2.05, 4.69) is 0 Å². The number of hydrogen-bond donors (Lipinski definition) is 4. The van der Waals surface area contributed by atoms with Gasteiger partial charge < -0.3 is 26.6 Å². The minimum Gasteiger partial charge on any atom is -0.391 e. The first-order valence-corrected chi connectivity index (χ1v) is 7.67. The van der Waals surface area contributed by atoms with Gasteiger partial charge in [-0.25, -0.2) is 0 Å². The molecule has 0 aliphatic carbocycles. The zero-order chi connectivity index (χ0) is 17.7. The largest absolute Gasteiger partial charge is 0.391 e. The summed E-state index contributed by atoms with van der Waals surface area (Å²) >= 11 is 0. The SMILES string of the molecule is CC(O)C(N)C(=O)N1CCCC(=O)N(C(=O)C(N)C(C)O)CC1. The Morgan fingerprint density at radius 3 is 2.04 bits per heavy atom. The fourth-order valence-corrected chi connectivity index (χ4v) is 2.27. The quantitative estimate of drug-likeness (QED) is 0.440. The summed E-state index contributed by atoms with van der Waals surface area (Å²) in [5, 5.41) is 18.8. The second kappa shape index (κ2) is 8.34. The van der Waals surface area contributed by atoms with E-state index in [1.54, 1.807) is 0 Å². The first-order valence-electron chi connectivity index (χ1n) is 7.67. The van der Waals surface area contributed by atoms with Crippen molar-refractivity contribution >= 4 is 17.7 Å². The van der Waals surface area contributed by atoms with Crippen molar-refractivity contribution in [2.24, 2.45) is 11.5 Å². The Morgan fingerprint density at radius 2 is 1.52 bits per heavy atom. The van der Waals surface area contributed by atoms with Crippen molar-refractivity contribution in [1.29, 1.82) is 0 Å². The number of nitrogens with zero attached hydrogens (tertiary/aromatic N) is 2. The first-order chi connectivity index (χ1) is 10.7. The normalized spacial score (nSPS) is 21.9. The lowest BCUT2D eigenvalue weighted by molar-refractivity contribution is -0.150. The van der Waals surface area contributed by atoms with Gasteiger partial charge in [0.05, 0.1) is 12.2 Å². The molecule has 1 heterocycles. The molecular weight excluding hydrogens is 304 g/mol. The van der Waals surface area contributed by atoms with Gasteiger partial charge in [0.2, 0.25) is 17.7 Å². The summed E-state index contributed by atoms with van der Waals surface area (Å²) in [7, 11) is 0. The van der Waals surface area contributed by atoms with Gasteiger partial charge in [0.15, 0.2) is 0 Å². The van der Waals surface area contributed by atoms with Gasteiger partial charge in [-0.2, -0.15) is 0 Å². The van der Waals surface area contributed by atoms with Crippen molar-refractivity contribution < 1.29 is 24.6 Å². The highest BCUT2D eigenvalue weighted by Crippen LogP contribution is 2.10. The molecule has 9 heteroatoms. The molecule has 0 aromatic rings. The molecule has 3 amide bonds. The van der Waals surface area contributed by atoms with E-state index >= 15 is 0 Å². The minimum atomic E-state index is -1.19. The number of hydrogen-bond acceptors (Lipinski definition) is 7. The van der Waals surface area contributed by atoms with Crippen LogP contribution in [0.2, 0.25) is 0 Å². The van der Waals surface area contributed by atoms with E-state index in [4.69, 9.17) is 11.5 Å². The fourth-order valence-electron chi connectivity index (χ4n) is 2.27. The second-order valence-electron chi connectivity index (χ2n) is 5.85. The van der Waals surface area contributed by atoms with Crippen molar-refractivity contribution in [1.82, 2.24) is 9.80 Å². The molecule has 1 fully saturated rings.